The van der Waals surface area contributed by atoms with E-state index in [1.54, 1.807) is 0 Å². The van der Waals surface area contributed by atoms with Gasteiger partial charge in [-0.05, 0) is 18.9 Å². The fourth-order valence-electron chi connectivity index (χ4n) is 3.62. The Labute approximate surface area is 117 Å². The number of allylic oxidation sites excluding steroid dienone is 1. The van der Waals surface area contributed by atoms with E-state index < -0.39 is 5.97 Å². The van der Waals surface area contributed by atoms with Gasteiger partial charge in [0.05, 0.1) is 17.3 Å². The van der Waals surface area contributed by atoms with E-state index in [2.05, 4.69) is 11.0 Å². The van der Waals surface area contributed by atoms with Crippen LogP contribution < -0.4 is 0 Å². The van der Waals surface area contributed by atoms with Gasteiger partial charge < -0.3 is 10.0 Å². The van der Waals surface area contributed by atoms with Gasteiger partial charge in [0.2, 0.25) is 0 Å². The van der Waals surface area contributed by atoms with Gasteiger partial charge in [0.25, 0.3) is 0 Å². The molecule has 1 saturated heterocycles. The average Bonchev–Trinajstić information content (AvgIpc) is 2.85. The van der Waals surface area contributed by atoms with Crippen LogP contribution in [0.3, 0.4) is 0 Å². The van der Waals surface area contributed by atoms with E-state index in [0.717, 1.165) is 60.6 Å². The molecule has 4 heteroatoms. The third-order valence-corrected chi connectivity index (χ3v) is 4.48. The molecule has 0 radical (unpaired) electrons. The molecule has 0 saturated carbocycles. The van der Waals surface area contributed by atoms with Crippen LogP contribution >= 0.6 is 0 Å². The summed E-state index contributed by atoms with van der Waals surface area (Å²) in [6.45, 7) is 1.87. The number of hydrogen-bond acceptors (Lipinski definition) is 3. The lowest BCUT2D eigenvalue weighted by Gasteiger charge is -2.40. The highest BCUT2D eigenvalue weighted by Gasteiger charge is 2.39. The third kappa shape index (κ3) is 1.54. The van der Waals surface area contributed by atoms with Crippen LogP contribution in [0.2, 0.25) is 0 Å². The van der Waals surface area contributed by atoms with E-state index in [1.807, 2.05) is 18.2 Å². The number of aliphatic carboxylic acids is 1. The molecule has 0 spiro atoms. The number of carboxylic acid groups (broad SMARTS) is 1. The Morgan fingerprint density at radius 1 is 1.30 bits per heavy atom. The van der Waals surface area contributed by atoms with Gasteiger partial charge in [-0.2, -0.15) is 0 Å². The van der Waals surface area contributed by atoms with Crippen molar-refractivity contribution in [1.29, 1.82) is 0 Å². The Morgan fingerprint density at radius 2 is 2.15 bits per heavy atom. The molecule has 3 aliphatic heterocycles. The minimum absolute atomic E-state index is 0.379. The molecule has 1 unspecified atom stereocenters. The largest absolute Gasteiger partial charge is 0.481 e. The summed E-state index contributed by atoms with van der Waals surface area (Å²) in [5.41, 5.74) is 5.26. The fourth-order valence-corrected chi connectivity index (χ4v) is 3.62. The number of benzene rings is 1. The summed E-state index contributed by atoms with van der Waals surface area (Å²) < 4.78 is 0. The van der Waals surface area contributed by atoms with Crippen LogP contribution in [0.5, 0.6) is 0 Å². The molecular weight excluding hydrogens is 252 g/mol. The van der Waals surface area contributed by atoms with Crippen molar-refractivity contribution in [2.24, 2.45) is 10.9 Å². The Morgan fingerprint density at radius 3 is 3.00 bits per heavy atom. The second-order valence-electron chi connectivity index (χ2n) is 5.61. The van der Waals surface area contributed by atoms with E-state index in [1.165, 1.54) is 0 Å². The Hall–Kier alpha value is -2.10. The van der Waals surface area contributed by atoms with Gasteiger partial charge in [0.1, 0.15) is 0 Å². The lowest BCUT2D eigenvalue weighted by atomic mass is 9.84. The van der Waals surface area contributed by atoms with Gasteiger partial charge in [-0.1, -0.05) is 18.2 Å². The van der Waals surface area contributed by atoms with E-state index in [0.29, 0.717) is 0 Å². The van der Waals surface area contributed by atoms with Crippen LogP contribution in [-0.2, 0) is 4.79 Å². The standard InChI is InChI=1S/C16H16N2O2/c19-16(20)11-5-3-8-18-9-7-13-14(15(11)18)10-4-1-2-6-12(10)17-13/h1-2,4,6,11H,3,5,7-9H2,(H,19,20). The van der Waals surface area contributed by atoms with Crippen molar-refractivity contribution in [2.75, 3.05) is 13.1 Å². The summed E-state index contributed by atoms with van der Waals surface area (Å²) >= 11 is 0. The number of piperidine rings is 1. The number of carboxylic acids is 1. The summed E-state index contributed by atoms with van der Waals surface area (Å²) in [6, 6.07) is 8.06. The molecular formula is C16H16N2O2. The first-order valence-electron chi connectivity index (χ1n) is 7.15. The monoisotopic (exact) mass is 268 g/mol. The maximum absolute atomic E-state index is 11.6. The van der Waals surface area contributed by atoms with Crippen LogP contribution in [0.1, 0.15) is 24.8 Å². The minimum atomic E-state index is -0.706. The highest BCUT2D eigenvalue weighted by molar-refractivity contribution is 6.30. The van der Waals surface area contributed by atoms with Crippen molar-refractivity contribution in [3.05, 3.63) is 35.5 Å². The van der Waals surface area contributed by atoms with Crippen LogP contribution in [0.25, 0.3) is 5.57 Å². The Kier molecular flexibility index (Phi) is 2.46. The zero-order valence-corrected chi connectivity index (χ0v) is 11.2. The van der Waals surface area contributed by atoms with Crippen LogP contribution in [0.15, 0.2) is 35.0 Å². The van der Waals surface area contributed by atoms with Crippen LogP contribution in [0.4, 0.5) is 5.69 Å². The first-order chi connectivity index (χ1) is 9.75. The molecule has 4 nitrogen and oxygen atoms in total. The summed E-state index contributed by atoms with van der Waals surface area (Å²) in [4.78, 5) is 18.6. The van der Waals surface area contributed by atoms with Gasteiger partial charge >= 0.3 is 5.97 Å². The molecule has 1 atom stereocenters. The van der Waals surface area contributed by atoms with Crippen molar-refractivity contribution in [2.45, 2.75) is 19.3 Å². The molecule has 1 N–H and O–H groups in total. The Bertz CT molecular complexity index is 660. The smallest absolute Gasteiger partial charge is 0.312 e. The topological polar surface area (TPSA) is 52.9 Å². The molecule has 0 aliphatic carbocycles. The van der Waals surface area contributed by atoms with E-state index in [-0.39, 0.29) is 5.92 Å². The summed E-state index contributed by atoms with van der Waals surface area (Å²) in [7, 11) is 0. The molecule has 3 aliphatic rings. The average molecular weight is 268 g/mol. The maximum atomic E-state index is 11.6. The lowest BCUT2D eigenvalue weighted by Crippen LogP contribution is -2.41. The number of fused-ring (bicyclic) bond motifs is 4. The van der Waals surface area contributed by atoms with Gasteiger partial charge in [-0.25, -0.2) is 0 Å². The molecule has 0 bridgehead atoms. The number of hydrogen-bond donors (Lipinski definition) is 1. The van der Waals surface area contributed by atoms with Crippen molar-refractivity contribution in [3.8, 4) is 0 Å². The molecule has 1 aromatic carbocycles. The van der Waals surface area contributed by atoms with Crippen molar-refractivity contribution in [3.63, 3.8) is 0 Å². The molecule has 20 heavy (non-hydrogen) atoms. The van der Waals surface area contributed by atoms with Gasteiger partial charge in [-0.15, -0.1) is 0 Å². The first kappa shape index (κ1) is 11.7. The van der Waals surface area contributed by atoms with Gasteiger partial charge in [0.15, 0.2) is 0 Å². The van der Waals surface area contributed by atoms with E-state index in [9.17, 15) is 9.90 Å². The van der Waals surface area contributed by atoms with E-state index >= 15 is 0 Å². The Balaban J connectivity index is 1.95. The van der Waals surface area contributed by atoms with E-state index in [4.69, 9.17) is 4.99 Å². The molecule has 1 fully saturated rings. The number of rotatable bonds is 1. The predicted octanol–water partition coefficient (Wildman–Crippen LogP) is 2.68. The fraction of sp³-hybridized carbons (Fsp3) is 0.375. The minimum Gasteiger partial charge on any atom is -0.481 e. The number of nitrogens with zero attached hydrogens (tertiary/aromatic N) is 2. The zero-order valence-electron chi connectivity index (χ0n) is 11.2. The van der Waals surface area contributed by atoms with Gasteiger partial charge in [0, 0.05) is 36.3 Å². The van der Waals surface area contributed by atoms with Crippen LogP contribution in [0, 0.1) is 5.92 Å². The first-order valence-corrected chi connectivity index (χ1v) is 7.15. The summed E-state index contributed by atoms with van der Waals surface area (Å²) in [6.07, 6.45) is 2.61. The molecule has 0 aromatic heterocycles. The van der Waals surface area contributed by atoms with Crippen molar-refractivity contribution in [1.82, 2.24) is 4.90 Å². The van der Waals surface area contributed by atoms with Crippen molar-refractivity contribution >= 4 is 22.9 Å². The highest BCUT2D eigenvalue weighted by atomic mass is 16.4. The van der Waals surface area contributed by atoms with Crippen molar-refractivity contribution < 1.29 is 9.90 Å². The second-order valence-corrected chi connectivity index (χ2v) is 5.61. The lowest BCUT2D eigenvalue weighted by molar-refractivity contribution is -0.141. The normalized spacial score (nSPS) is 23.9. The quantitative estimate of drug-likeness (QED) is 0.852. The van der Waals surface area contributed by atoms with Crippen LogP contribution in [-0.4, -0.2) is 34.8 Å². The number of carbonyl (C=O) groups is 1. The third-order valence-electron chi connectivity index (χ3n) is 4.48. The number of para-hydroxylation sites is 1. The molecule has 3 heterocycles. The molecule has 1 aromatic rings. The predicted molar refractivity (Wildman–Crippen MR) is 77.0 cm³/mol. The van der Waals surface area contributed by atoms with Gasteiger partial charge in [-0.3, -0.25) is 9.79 Å². The maximum Gasteiger partial charge on any atom is 0.312 e. The summed E-state index contributed by atoms with van der Waals surface area (Å²) in [5.74, 6) is -1.08. The SMILES string of the molecule is O=C(O)C1CCCN2CCC3=Nc4ccccc4C3=C12. The molecule has 0 amide bonds. The zero-order chi connectivity index (χ0) is 13.7. The molecule has 4 rings (SSSR count). The second kappa shape index (κ2) is 4.20. The summed E-state index contributed by atoms with van der Waals surface area (Å²) in [5, 5.41) is 9.54. The molecule has 102 valence electrons. The highest BCUT2D eigenvalue weighted by Crippen LogP contribution is 2.44. The number of aliphatic imine (C=N–C) groups is 1.